The fourth-order valence-corrected chi connectivity index (χ4v) is 2.18. The number of amides is 1. The summed E-state index contributed by atoms with van der Waals surface area (Å²) in [4.78, 5) is 13.5. The molecule has 2 N–H and O–H groups in total. The summed E-state index contributed by atoms with van der Waals surface area (Å²) < 4.78 is 0. The van der Waals surface area contributed by atoms with Crippen LogP contribution < -0.4 is 5.32 Å². The molecule has 0 saturated carbocycles. The predicted octanol–water partition coefficient (Wildman–Crippen LogP) is 2.14. The molecule has 98 valence electrons. The third-order valence-corrected chi connectivity index (χ3v) is 3.36. The number of hydrogen-bond donors (Lipinski definition) is 2. The van der Waals surface area contributed by atoms with E-state index in [4.69, 9.17) is 5.11 Å². The molecule has 0 bridgehead atoms. The van der Waals surface area contributed by atoms with Gasteiger partial charge >= 0.3 is 0 Å². The summed E-state index contributed by atoms with van der Waals surface area (Å²) in [5.74, 6) is 6.10. The summed E-state index contributed by atoms with van der Waals surface area (Å²) in [6, 6.07) is 3.86. The van der Waals surface area contributed by atoms with Crippen LogP contribution in [0, 0.1) is 17.8 Å². The van der Waals surface area contributed by atoms with Crippen LogP contribution in [0.2, 0.25) is 0 Å². The van der Waals surface area contributed by atoms with E-state index >= 15 is 0 Å². The van der Waals surface area contributed by atoms with Crippen LogP contribution in [0.1, 0.15) is 36.4 Å². The highest BCUT2D eigenvalue weighted by molar-refractivity contribution is 7.12. The number of nitrogens with one attached hydrogen (secondary N) is 1. The molecule has 0 aliphatic rings. The van der Waals surface area contributed by atoms with Gasteiger partial charge in [0.2, 0.25) is 5.91 Å². The average Bonchev–Trinajstić information content (AvgIpc) is 2.79. The second-order valence-electron chi connectivity index (χ2n) is 4.44. The van der Waals surface area contributed by atoms with E-state index in [1.54, 1.807) is 0 Å². The molecule has 0 unspecified atom stereocenters. The monoisotopic (exact) mass is 265 g/mol. The highest BCUT2D eigenvalue weighted by atomic mass is 32.1. The van der Waals surface area contributed by atoms with E-state index in [-0.39, 0.29) is 12.5 Å². The lowest BCUT2D eigenvalue weighted by Gasteiger charge is -2.05. The molecular weight excluding hydrogens is 246 g/mol. The molecule has 0 fully saturated rings. The first-order valence-corrected chi connectivity index (χ1v) is 6.88. The number of aliphatic hydroxyl groups is 1. The maximum atomic E-state index is 11.5. The van der Waals surface area contributed by atoms with Gasteiger partial charge < -0.3 is 10.4 Å². The third kappa shape index (κ3) is 5.85. The van der Waals surface area contributed by atoms with Crippen molar-refractivity contribution in [1.29, 1.82) is 0 Å². The van der Waals surface area contributed by atoms with Crippen LogP contribution in [0.3, 0.4) is 0 Å². The van der Waals surface area contributed by atoms with Crippen LogP contribution in [-0.2, 0) is 11.3 Å². The molecule has 0 saturated heterocycles. The molecule has 0 spiro atoms. The Kier molecular flexibility index (Phi) is 6.48. The average molecular weight is 265 g/mol. The van der Waals surface area contributed by atoms with E-state index in [0.717, 1.165) is 16.2 Å². The van der Waals surface area contributed by atoms with Crippen LogP contribution in [0.5, 0.6) is 0 Å². The van der Waals surface area contributed by atoms with Crippen LogP contribution >= 0.6 is 11.3 Å². The molecule has 1 aromatic rings. The van der Waals surface area contributed by atoms with Crippen molar-refractivity contribution in [3.63, 3.8) is 0 Å². The lowest BCUT2D eigenvalue weighted by Crippen LogP contribution is -2.22. The number of rotatable bonds is 5. The highest BCUT2D eigenvalue weighted by Crippen LogP contribution is 2.15. The van der Waals surface area contributed by atoms with Gasteiger partial charge in [-0.15, -0.1) is 11.3 Å². The smallest absolute Gasteiger partial charge is 0.220 e. The van der Waals surface area contributed by atoms with Gasteiger partial charge in [-0.25, -0.2) is 0 Å². The molecule has 0 aromatic carbocycles. The zero-order chi connectivity index (χ0) is 13.4. The topological polar surface area (TPSA) is 49.3 Å². The second-order valence-corrected chi connectivity index (χ2v) is 5.60. The molecule has 0 radical (unpaired) electrons. The molecule has 1 heterocycles. The quantitative estimate of drug-likeness (QED) is 0.801. The molecule has 1 rings (SSSR count). The summed E-state index contributed by atoms with van der Waals surface area (Å²) in [6.45, 7) is 4.65. The van der Waals surface area contributed by atoms with Crippen LogP contribution in [0.4, 0.5) is 0 Å². The van der Waals surface area contributed by atoms with Gasteiger partial charge in [0, 0.05) is 11.3 Å². The van der Waals surface area contributed by atoms with Gasteiger partial charge in [-0.1, -0.05) is 25.7 Å². The SMILES string of the molecule is CC(C)CCC(=O)NCc1ccc(C#CCO)s1. The highest BCUT2D eigenvalue weighted by Gasteiger charge is 2.04. The van der Waals surface area contributed by atoms with E-state index in [1.807, 2.05) is 12.1 Å². The van der Waals surface area contributed by atoms with Crippen LogP contribution in [0.15, 0.2) is 12.1 Å². The molecule has 18 heavy (non-hydrogen) atoms. The van der Waals surface area contributed by atoms with Crippen molar-refractivity contribution >= 4 is 17.2 Å². The standard InChI is InChI=1S/C14H19NO2S/c1-11(2)5-8-14(17)15-10-13-7-6-12(18-13)4-3-9-16/h6-7,11,16H,5,8-10H2,1-2H3,(H,15,17). The Bertz CT molecular complexity index is 440. The normalized spacial score (nSPS) is 10.0. The fraction of sp³-hybridized carbons (Fsp3) is 0.500. The van der Waals surface area contributed by atoms with Crippen molar-refractivity contribution in [2.24, 2.45) is 5.92 Å². The minimum atomic E-state index is -0.126. The summed E-state index contributed by atoms with van der Waals surface area (Å²) in [6.07, 6.45) is 1.50. The maximum absolute atomic E-state index is 11.5. The molecule has 3 nitrogen and oxygen atoms in total. The van der Waals surface area contributed by atoms with Gasteiger partial charge in [-0.05, 0) is 24.5 Å². The van der Waals surface area contributed by atoms with Crippen LogP contribution in [0.25, 0.3) is 0 Å². The first-order chi connectivity index (χ1) is 8.61. The van der Waals surface area contributed by atoms with Gasteiger partial charge in [-0.3, -0.25) is 4.79 Å². The molecule has 1 amide bonds. The van der Waals surface area contributed by atoms with Crippen molar-refractivity contribution in [3.05, 3.63) is 21.9 Å². The minimum Gasteiger partial charge on any atom is -0.384 e. The zero-order valence-corrected chi connectivity index (χ0v) is 11.6. The Hall–Kier alpha value is -1.31. The molecule has 0 aliphatic carbocycles. The van der Waals surface area contributed by atoms with E-state index in [0.29, 0.717) is 18.9 Å². The van der Waals surface area contributed by atoms with Crippen molar-refractivity contribution in [2.75, 3.05) is 6.61 Å². The van der Waals surface area contributed by atoms with E-state index in [2.05, 4.69) is 31.0 Å². The van der Waals surface area contributed by atoms with E-state index in [9.17, 15) is 4.79 Å². The Morgan fingerprint density at radius 3 is 2.94 bits per heavy atom. The Balaban J connectivity index is 2.35. The lowest BCUT2D eigenvalue weighted by molar-refractivity contribution is -0.121. The zero-order valence-electron chi connectivity index (χ0n) is 10.8. The third-order valence-electron chi connectivity index (χ3n) is 2.36. The predicted molar refractivity (Wildman–Crippen MR) is 74.2 cm³/mol. The fourth-order valence-electron chi connectivity index (χ4n) is 1.36. The second kappa shape index (κ2) is 7.91. The van der Waals surface area contributed by atoms with Gasteiger partial charge in [0.25, 0.3) is 0 Å². The number of hydrogen-bond acceptors (Lipinski definition) is 3. The minimum absolute atomic E-state index is 0.0973. The van der Waals surface area contributed by atoms with Gasteiger partial charge in [-0.2, -0.15) is 0 Å². The van der Waals surface area contributed by atoms with E-state index < -0.39 is 0 Å². The first-order valence-electron chi connectivity index (χ1n) is 6.07. The van der Waals surface area contributed by atoms with Gasteiger partial charge in [0.05, 0.1) is 11.4 Å². The molecule has 4 heteroatoms. The summed E-state index contributed by atoms with van der Waals surface area (Å²) in [7, 11) is 0. The Morgan fingerprint density at radius 2 is 2.28 bits per heavy atom. The summed E-state index contributed by atoms with van der Waals surface area (Å²) in [5.41, 5.74) is 0. The number of carbonyl (C=O) groups excluding carboxylic acids is 1. The largest absolute Gasteiger partial charge is 0.384 e. The van der Waals surface area contributed by atoms with Gasteiger partial charge in [0.1, 0.15) is 6.61 Å². The maximum Gasteiger partial charge on any atom is 0.220 e. The van der Waals surface area contributed by atoms with Crippen molar-refractivity contribution in [2.45, 2.75) is 33.2 Å². The molecule has 1 aromatic heterocycles. The Labute approximate surface area is 112 Å². The molecular formula is C14H19NO2S. The summed E-state index contributed by atoms with van der Waals surface area (Å²) >= 11 is 1.54. The number of aliphatic hydroxyl groups excluding tert-OH is 1. The molecule has 0 aliphatic heterocycles. The van der Waals surface area contributed by atoms with Crippen LogP contribution in [-0.4, -0.2) is 17.6 Å². The summed E-state index contributed by atoms with van der Waals surface area (Å²) in [5, 5.41) is 11.5. The van der Waals surface area contributed by atoms with Crippen molar-refractivity contribution in [1.82, 2.24) is 5.32 Å². The van der Waals surface area contributed by atoms with Gasteiger partial charge in [0.15, 0.2) is 0 Å². The number of thiophene rings is 1. The molecule has 0 atom stereocenters. The lowest BCUT2D eigenvalue weighted by atomic mass is 10.1. The van der Waals surface area contributed by atoms with Crippen molar-refractivity contribution in [3.8, 4) is 11.8 Å². The van der Waals surface area contributed by atoms with Crippen molar-refractivity contribution < 1.29 is 9.90 Å². The number of carbonyl (C=O) groups is 1. The van der Waals surface area contributed by atoms with E-state index in [1.165, 1.54) is 11.3 Å². The first kappa shape index (κ1) is 14.7. The Morgan fingerprint density at radius 1 is 1.50 bits per heavy atom.